The Hall–Kier alpha value is -1.11. The molecule has 2 heterocycles. The number of sulfonamides is 1. The van der Waals surface area contributed by atoms with Gasteiger partial charge in [0.15, 0.2) is 0 Å². The largest absolute Gasteiger partial charge is 0.493 e. The van der Waals surface area contributed by atoms with E-state index in [1.165, 1.54) is 0 Å². The van der Waals surface area contributed by atoms with Gasteiger partial charge in [-0.3, -0.25) is 0 Å². The zero-order chi connectivity index (χ0) is 13.3. The van der Waals surface area contributed by atoms with Crippen LogP contribution in [-0.2, 0) is 21.2 Å². The van der Waals surface area contributed by atoms with Gasteiger partial charge in [-0.05, 0) is 36.6 Å². The van der Waals surface area contributed by atoms with E-state index in [0.29, 0.717) is 18.0 Å². The molecule has 1 N–H and O–H groups in total. The Morgan fingerprint density at radius 1 is 1.32 bits per heavy atom. The van der Waals surface area contributed by atoms with E-state index in [2.05, 4.69) is 4.72 Å². The molecule has 0 amide bonds. The molecule has 1 unspecified atom stereocenters. The Kier molecular flexibility index (Phi) is 3.47. The van der Waals surface area contributed by atoms with Crippen LogP contribution in [0.4, 0.5) is 0 Å². The summed E-state index contributed by atoms with van der Waals surface area (Å²) in [7, 11) is -3.45. The van der Waals surface area contributed by atoms with E-state index in [0.717, 1.165) is 37.2 Å². The molecule has 0 aliphatic carbocycles. The molecule has 0 aromatic heterocycles. The SMILES string of the molecule is O=S(=O)(NCC1CCCO1)c1ccc2c(c1)CCO2. The summed E-state index contributed by atoms with van der Waals surface area (Å²) >= 11 is 0. The Bertz CT molecular complexity index is 564. The van der Waals surface area contributed by atoms with E-state index in [1.807, 2.05) is 0 Å². The molecule has 1 aromatic carbocycles. The summed E-state index contributed by atoms with van der Waals surface area (Å²) in [5.74, 6) is 0.790. The first kappa shape index (κ1) is 12.9. The number of hydrogen-bond acceptors (Lipinski definition) is 4. The first-order chi connectivity index (χ1) is 9.15. The summed E-state index contributed by atoms with van der Waals surface area (Å²) in [6.07, 6.45) is 2.70. The van der Waals surface area contributed by atoms with Crippen molar-refractivity contribution in [2.75, 3.05) is 19.8 Å². The molecule has 104 valence electrons. The maximum atomic E-state index is 12.2. The summed E-state index contributed by atoms with van der Waals surface area (Å²) in [4.78, 5) is 0.301. The first-order valence-corrected chi connectivity index (χ1v) is 8.00. The molecular weight excluding hydrogens is 266 g/mol. The standard InChI is InChI=1S/C13H17NO4S/c15-19(16,14-9-11-2-1-6-17-11)12-3-4-13-10(8-12)5-7-18-13/h3-4,8,11,14H,1-2,5-7,9H2. The number of benzene rings is 1. The molecule has 1 saturated heterocycles. The van der Waals surface area contributed by atoms with Gasteiger partial charge in [0, 0.05) is 19.6 Å². The fraction of sp³-hybridized carbons (Fsp3) is 0.538. The van der Waals surface area contributed by atoms with Crippen LogP contribution in [0.5, 0.6) is 5.75 Å². The van der Waals surface area contributed by atoms with Gasteiger partial charge in [-0.2, -0.15) is 0 Å². The summed E-state index contributed by atoms with van der Waals surface area (Å²) < 4.78 is 37.8. The van der Waals surface area contributed by atoms with Crippen molar-refractivity contribution >= 4 is 10.0 Å². The number of nitrogens with one attached hydrogen (secondary N) is 1. The molecular formula is C13H17NO4S. The van der Waals surface area contributed by atoms with Gasteiger partial charge < -0.3 is 9.47 Å². The molecule has 1 fully saturated rings. The van der Waals surface area contributed by atoms with Gasteiger partial charge in [-0.25, -0.2) is 13.1 Å². The second-order valence-corrected chi connectivity index (χ2v) is 6.62. The Labute approximate surface area is 113 Å². The maximum absolute atomic E-state index is 12.2. The van der Waals surface area contributed by atoms with Gasteiger partial charge in [-0.15, -0.1) is 0 Å². The zero-order valence-corrected chi connectivity index (χ0v) is 11.4. The number of fused-ring (bicyclic) bond motifs is 1. The van der Waals surface area contributed by atoms with Crippen LogP contribution in [0.1, 0.15) is 18.4 Å². The Morgan fingerprint density at radius 3 is 3.00 bits per heavy atom. The highest BCUT2D eigenvalue weighted by atomic mass is 32.2. The molecule has 5 nitrogen and oxygen atoms in total. The number of hydrogen-bond donors (Lipinski definition) is 1. The third-order valence-corrected chi connectivity index (χ3v) is 4.92. The lowest BCUT2D eigenvalue weighted by molar-refractivity contribution is 0.114. The molecule has 1 atom stereocenters. The maximum Gasteiger partial charge on any atom is 0.240 e. The van der Waals surface area contributed by atoms with Crippen molar-refractivity contribution in [1.82, 2.24) is 4.72 Å². The third-order valence-electron chi connectivity index (χ3n) is 3.50. The fourth-order valence-electron chi connectivity index (χ4n) is 2.42. The van der Waals surface area contributed by atoms with Gasteiger partial charge >= 0.3 is 0 Å². The number of rotatable bonds is 4. The molecule has 0 bridgehead atoms. The van der Waals surface area contributed by atoms with Crippen LogP contribution in [0.25, 0.3) is 0 Å². The van der Waals surface area contributed by atoms with Crippen LogP contribution in [0.2, 0.25) is 0 Å². The van der Waals surface area contributed by atoms with Crippen molar-refractivity contribution in [3.8, 4) is 5.75 Å². The summed E-state index contributed by atoms with van der Waals surface area (Å²) in [6.45, 7) is 1.70. The lowest BCUT2D eigenvalue weighted by atomic mass is 10.2. The molecule has 2 aliphatic rings. The van der Waals surface area contributed by atoms with E-state index in [1.54, 1.807) is 18.2 Å². The van der Waals surface area contributed by atoms with Crippen LogP contribution >= 0.6 is 0 Å². The Morgan fingerprint density at radius 2 is 2.21 bits per heavy atom. The van der Waals surface area contributed by atoms with Crippen molar-refractivity contribution in [2.24, 2.45) is 0 Å². The van der Waals surface area contributed by atoms with Crippen molar-refractivity contribution in [3.05, 3.63) is 23.8 Å². The van der Waals surface area contributed by atoms with Gasteiger partial charge in [-0.1, -0.05) is 0 Å². The average Bonchev–Trinajstić information content (AvgIpc) is 3.06. The van der Waals surface area contributed by atoms with E-state index in [4.69, 9.17) is 9.47 Å². The lowest BCUT2D eigenvalue weighted by Crippen LogP contribution is -2.31. The van der Waals surface area contributed by atoms with Crippen LogP contribution in [0.3, 0.4) is 0 Å². The predicted octanol–water partition coefficient (Wildman–Crippen LogP) is 1.08. The molecule has 3 rings (SSSR count). The minimum Gasteiger partial charge on any atom is -0.493 e. The molecule has 1 aromatic rings. The van der Waals surface area contributed by atoms with E-state index in [-0.39, 0.29) is 6.10 Å². The summed E-state index contributed by atoms with van der Waals surface area (Å²) in [5.41, 5.74) is 0.958. The topological polar surface area (TPSA) is 64.6 Å². The molecule has 0 spiro atoms. The smallest absolute Gasteiger partial charge is 0.240 e. The van der Waals surface area contributed by atoms with Gasteiger partial charge in [0.25, 0.3) is 0 Å². The van der Waals surface area contributed by atoms with Crippen LogP contribution in [0.15, 0.2) is 23.1 Å². The molecule has 2 aliphatic heterocycles. The highest BCUT2D eigenvalue weighted by molar-refractivity contribution is 7.89. The van der Waals surface area contributed by atoms with Gasteiger partial charge in [0.1, 0.15) is 5.75 Å². The number of ether oxygens (including phenoxy) is 2. The molecule has 6 heteroatoms. The molecule has 0 radical (unpaired) electrons. The molecule has 0 saturated carbocycles. The monoisotopic (exact) mass is 283 g/mol. The third kappa shape index (κ3) is 2.75. The fourth-order valence-corrected chi connectivity index (χ4v) is 3.54. The molecule has 19 heavy (non-hydrogen) atoms. The normalized spacial score (nSPS) is 22.2. The van der Waals surface area contributed by atoms with Gasteiger partial charge in [0.05, 0.1) is 17.6 Å². The highest BCUT2D eigenvalue weighted by Gasteiger charge is 2.22. The predicted molar refractivity (Wildman–Crippen MR) is 69.8 cm³/mol. The van der Waals surface area contributed by atoms with Crippen molar-refractivity contribution in [2.45, 2.75) is 30.3 Å². The minimum atomic E-state index is -3.45. The van der Waals surface area contributed by atoms with Crippen molar-refractivity contribution < 1.29 is 17.9 Å². The van der Waals surface area contributed by atoms with Crippen LogP contribution in [-0.4, -0.2) is 34.3 Å². The lowest BCUT2D eigenvalue weighted by Gasteiger charge is -2.11. The quantitative estimate of drug-likeness (QED) is 0.898. The average molecular weight is 283 g/mol. The van der Waals surface area contributed by atoms with Crippen molar-refractivity contribution in [1.29, 1.82) is 0 Å². The summed E-state index contributed by atoms with van der Waals surface area (Å²) in [5, 5.41) is 0. The highest BCUT2D eigenvalue weighted by Crippen LogP contribution is 2.27. The zero-order valence-electron chi connectivity index (χ0n) is 10.6. The van der Waals surface area contributed by atoms with Crippen LogP contribution < -0.4 is 9.46 Å². The Balaban J connectivity index is 1.72. The van der Waals surface area contributed by atoms with E-state index < -0.39 is 10.0 Å². The summed E-state index contributed by atoms with van der Waals surface area (Å²) in [6, 6.07) is 5.01. The van der Waals surface area contributed by atoms with Gasteiger partial charge in [0.2, 0.25) is 10.0 Å². The van der Waals surface area contributed by atoms with E-state index in [9.17, 15) is 8.42 Å². The minimum absolute atomic E-state index is 0.00698. The van der Waals surface area contributed by atoms with Crippen LogP contribution in [0, 0.1) is 0 Å². The second-order valence-electron chi connectivity index (χ2n) is 4.85. The van der Waals surface area contributed by atoms with Crippen molar-refractivity contribution in [3.63, 3.8) is 0 Å². The first-order valence-electron chi connectivity index (χ1n) is 6.52. The second kappa shape index (κ2) is 5.11. The van der Waals surface area contributed by atoms with E-state index >= 15 is 0 Å².